The van der Waals surface area contributed by atoms with Gasteiger partial charge in [0.25, 0.3) is 0 Å². The molecule has 0 saturated heterocycles. The summed E-state index contributed by atoms with van der Waals surface area (Å²) >= 11 is 0. The summed E-state index contributed by atoms with van der Waals surface area (Å²) in [4.78, 5) is 24.7. The van der Waals surface area contributed by atoms with Crippen molar-refractivity contribution in [3.63, 3.8) is 0 Å². The van der Waals surface area contributed by atoms with Gasteiger partial charge in [-0.3, -0.25) is 14.4 Å². The molecule has 11 nitrogen and oxygen atoms in total. The van der Waals surface area contributed by atoms with Crippen molar-refractivity contribution in [2.45, 2.75) is 58.5 Å². The monoisotopic (exact) mass is 543 g/mol. The Kier molecular flexibility index (Phi) is 7.77. The van der Waals surface area contributed by atoms with Gasteiger partial charge in [-0.2, -0.15) is 5.10 Å². The fraction of sp³-hybridized carbons (Fsp3) is 0.448. The fourth-order valence-corrected chi connectivity index (χ4v) is 5.03. The second-order valence-corrected chi connectivity index (χ2v) is 11.4. The van der Waals surface area contributed by atoms with Gasteiger partial charge in [0.15, 0.2) is 5.78 Å². The second-order valence-electron chi connectivity index (χ2n) is 11.4. The van der Waals surface area contributed by atoms with E-state index in [4.69, 9.17) is 4.98 Å². The summed E-state index contributed by atoms with van der Waals surface area (Å²) in [7, 11) is 1.89. The zero-order valence-corrected chi connectivity index (χ0v) is 23.8. The highest BCUT2D eigenvalue weighted by Crippen LogP contribution is 2.34. The Bertz CT molecular complexity index is 1500. The Balaban J connectivity index is 1.42. The number of carbonyl (C=O) groups excluding carboxylic acids is 1. The van der Waals surface area contributed by atoms with E-state index < -0.39 is 0 Å². The first-order valence-corrected chi connectivity index (χ1v) is 13.6. The van der Waals surface area contributed by atoms with Crippen LogP contribution in [0, 0.1) is 6.92 Å². The third-order valence-corrected chi connectivity index (χ3v) is 7.52. The highest BCUT2D eigenvalue weighted by atomic mass is 16.3. The van der Waals surface area contributed by atoms with Gasteiger partial charge >= 0.3 is 0 Å². The van der Waals surface area contributed by atoms with E-state index in [0.29, 0.717) is 31.2 Å². The van der Waals surface area contributed by atoms with E-state index in [9.17, 15) is 9.90 Å². The molecule has 0 unspecified atom stereocenters. The van der Waals surface area contributed by atoms with Crippen molar-refractivity contribution < 1.29 is 9.90 Å². The van der Waals surface area contributed by atoms with Crippen LogP contribution < -0.4 is 5.32 Å². The van der Waals surface area contributed by atoms with E-state index in [1.54, 1.807) is 28.0 Å². The lowest BCUT2D eigenvalue weighted by atomic mass is 9.87. The number of aryl methyl sites for hydroxylation is 1. The minimum atomic E-state index is -0.241. The molecule has 11 heteroatoms. The number of anilines is 2. The average Bonchev–Trinajstić information content (AvgIpc) is 3.50. The highest BCUT2D eigenvalue weighted by Gasteiger charge is 2.27. The standard InChI is InChI=1S/C29H37N9O2/c1-19-25(16-31-36(19)5)33-28-30-10-8-24(32-28)21-6-7-23-20(9-11-37(12-13-39)17-22(23)14-21)15-27(40)26-18-38(35-34-26)29(2,3)4/h6-8,10,14,16,18,20,39H,9,11-13,15,17H2,1-5H3,(H,30,32,33)/t20-/m0/s1. The van der Waals surface area contributed by atoms with Gasteiger partial charge in [0.1, 0.15) is 5.69 Å². The van der Waals surface area contributed by atoms with Gasteiger partial charge in [-0.05, 0) is 69.8 Å². The molecule has 2 N–H and O–H groups in total. The number of aliphatic hydroxyl groups is 1. The summed E-state index contributed by atoms with van der Waals surface area (Å²) in [6.45, 7) is 10.2. The third kappa shape index (κ3) is 5.95. The van der Waals surface area contributed by atoms with E-state index >= 15 is 0 Å². The van der Waals surface area contributed by atoms with E-state index in [-0.39, 0.29) is 23.8 Å². The predicted molar refractivity (Wildman–Crippen MR) is 152 cm³/mol. The molecule has 1 aliphatic heterocycles. The maximum absolute atomic E-state index is 13.3. The Hall–Kier alpha value is -3.96. The number of aromatic nitrogens is 7. The van der Waals surface area contributed by atoms with Crippen LogP contribution in [-0.4, -0.2) is 70.2 Å². The van der Waals surface area contributed by atoms with Crippen molar-refractivity contribution in [1.82, 2.24) is 39.6 Å². The molecule has 0 spiro atoms. The van der Waals surface area contributed by atoms with Gasteiger partial charge in [-0.1, -0.05) is 17.3 Å². The lowest BCUT2D eigenvalue weighted by molar-refractivity contribution is 0.0965. The molecule has 0 aliphatic carbocycles. The number of hydrogen-bond donors (Lipinski definition) is 2. The smallest absolute Gasteiger partial charge is 0.227 e. The van der Waals surface area contributed by atoms with Crippen LogP contribution >= 0.6 is 0 Å². The number of hydrogen-bond acceptors (Lipinski definition) is 9. The number of ketones is 1. The summed E-state index contributed by atoms with van der Waals surface area (Å²) in [5.41, 5.74) is 6.06. The summed E-state index contributed by atoms with van der Waals surface area (Å²) in [6, 6.07) is 8.23. The molecule has 5 rings (SSSR count). The number of β-amino-alcohol motifs (C(OH)–C–C–N with tert-alkyl or cyclic N) is 1. The van der Waals surface area contributed by atoms with Gasteiger partial charge in [-0.25, -0.2) is 14.6 Å². The van der Waals surface area contributed by atoms with Gasteiger partial charge in [-0.15, -0.1) is 5.10 Å². The summed E-state index contributed by atoms with van der Waals surface area (Å²) in [6.07, 6.45) is 6.42. The second kappa shape index (κ2) is 11.3. The summed E-state index contributed by atoms with van der Waals surface area (Å²) in [5.74, 6) is 0.525. The van der Waals surface area contributed by atoms with E-state index in [1.807, 2.05) is 40.8 Å². The predicted octanol–water partition coefficient (Wildman–Crippen LogP) is 3.83. The number of Topliss-reactive ketones (excluding diaryl/α,β-unsaturated/α-hetero) is 1. The Morgan fingerprint density at radius 2 is 2.05 bits per heavy atom. The molecular weight excluding hydrogens is 506 g/mol. The van der Waals surface area contributed by atoms with Gasteiger partial charge in [0, 0.05) is 38.3 Å². The van der Waals surface area contributed by atoms with Crippen LogP contribution in [-0.2, 0) is 19.1 Å². The molecule has 0 bridgehead atoms. The normalized spacial score (nSPS) is 16.0. The maximum atomic E-state index is 13.3. The molecule has 1 aromatic carbocycles. The number of carbonyl (C=O) groups is 1. The minimum absolute atomic E-state index is 0.0108. The van der Waals surface area contributed by atoms with Crippen LogP contribution in [0.3, 0.4) is 0 Å². The molecule has 0 fully saturated rings. The van der Waals surface area contributed by atoms with Crippen LogP contribution in [0.5, 0.6) is 0 Å². The van der Waals surface area contributed by atoms with Gasteiger partial charge < -0.3 is 10.4 Å². The average molecular weight is 544 g/mol. The molecule has 40 heavy (non-hydrogen) atoms. The number of nitrogens with zero attached hydrogens (tertiary/aromatic N) is 8. The zero-order valence-electron chi connectivity index (χ0n) is 23.8. The number of benzene rings is 1. The lowest BCUT2D eigenvalue weighted by Gasteiger charge is -2.19. The molecular formula is C29H37N9O2. The van der Waals surface area contributed by atoms with Crippen LogP contribution in [0.2, 0.25) is 0 Å². The van der Waals surface area contributed by atoms with Crippen LogP contribution in [0.4, 0.5) is 11.6 Å². The van der Waals surface area contributed by atoms with Crippen molar-refractivity contribution in [1.29, 1.82) is 0 Å². The Labute approximate surface area is 234 Å². The maximum Gasteiger partial charge on any atom is 0.227 e. The SMILES string of the molecule is Cc1c(Nc2nccc(-c3ccc4c(c3)CN(CCO)CC[C@H]4CC(=O)c3cn(C(C)(C)C)nn3)n2)cnn1C. The molecule has 3 aromatic heterocycles. The molecule has 4 aromatic rings. The first kappa shape index (κ1) is 27.6. The Morgan fingerprint density at radius 3 is 2.75 bits per heavy atom. The minimum Gasteiger partial charge on any atom is -0.395 e. The molecule has 1 aliphatic rings. The lowest BCUT2D eigenvalue weighted by Crippen LogP contribution is -2.26. The zero-order chi connectivity index (χ0) is 28.4. The van der Waals surface area contributed by atoms with Crippen molar-refractivity contribution >= 4 is 17.4 Å². The molecule has 4 heterocycles. The highest BCUT2D eigenvalue weighted by molar-refractivity contribution is 5.94. The van der Waals surface area contributed by atoms with E-state index in [0.717, 1.165) is 46.7 Å². The van der Waals surface area contributed by atoms with Gasteiger partial charge in [0.05, 0.1) is 41.6 Å². The van der Waals surface area contributed by atoms with Crippen molar-refractivity contribution in [2.24, 2.45) is 7.05 Å². The van der Waals surface area contributed by atoms with Crippen molar-refractivity contribution in [3.05, 3.63) is 65.4 Å². The van der Waals surface area contributed by atoms with Crippen LogP contribution in [0.1, 0.15) is 66.8 Å². The third-order valence-electron chi connectivity index (χ3n) is 7.52. The largest absolute Gasteiger partial charge is 0.395 e. The van der Waals surface area contributed by atoms with Crippen LogP contribution in [0.25, 0.3) is 11.3 Å². The molecule has 0 saturated carbocycles. The van der Waals surface area contributed by atoms with Crippen molar-refractivity contribution in [2.75, 3.05) is 25.0 Å². The van der Waals surface area contributed by atoms with Crippen LogP contribution in [0.15, 0.2) is 42.9 Å². The topological polar surface area (TPSA) is 127 Å². The fourth-order valence-electron chi connectivity index (χ4n) is 5.03. The van der Waals surface area contributed by atoms with E-state index in [2.05, 4.69) is 48.8 Å². The number of aliphatic hydroxyl groups excluding tert-OH is 1. The molecule has 0 radical (unpaired) electrons. The van der Waals surface area contributed by atoms with Crippen molar-refractivity contribution in [3.8, 4) is 11.3 Å². The van der Waals surface area contributed by atoms with E-state index in [1.165, 1.54) is 0 Å². The number of fused-ring (bicyclic) bond motifs is 1. The quantitative estimate of drug-likeness (QED) is 0.319. The van der Waals surface area contributed by atoms with Gasteiger partial charge in [0.2, 0.25) is 5.95 Å². The first-order chi connectivity index (χ1) is 19.1. The summed E-state index contributed by atoms with van der Waals surface area (Å²) in [5, 5.41) is 25.5. The molecule has 1 atom stereocenters. The Morgan fingerprint density at radius 1 is 1.23 bits per heavy atom. The summed E-state index contributed by atoms with van der Waals surface area (Å²) < 4.78 is 3.53. The molecule has 0 amide bonds. The first-order valence-electron chi connectivity index (χ1n) is 13.6. The number of rotatable bonds is 8. The number of nitrogens with one attached hydrogen (secondary N) is 1. The molecule has 210 valence electrons.